The first-order chi connectivity index (χ1) is 7.26. The largest absolute Gasteiger partial charge is 0.138 e. The molecule has 1 heteroatoms. The maximum atomic E-state index is 3.57. The Balaban J connectivity index is 2.88. The van der Waals surface area contributed by atoms with Gasteiger partial charge in [-0.2, -0.15) is 0 Å². The number of hydrogen-bond acceptors (Lipinski definition) is 0. The Bertz CT molecular complexity index is 330. The maximum Gasteiger partial charge on any atom is 0.138 e. The molecule has 0 heterocycles. The Labute approximate surface area is 94.7 Å². The molecule has 0 saturated carbocycles. The zero-order valence-electron chi connectivity index (χ0n) is 9.93. The molecule has 0 aliphatic rings. The fraction of sp³-hybridized carbons (Fsp3) is 0.429. The fourth-order valence-corrected chi connectivity index (χ4v) is 4.13. The van der Waals surface area contributed by atoms with Gasteiger partial charge >= 0.3 is 0 Å². The molecule has 0 N–H and O–H groups in total. The molecular formula is C14H19Si. The van der Waals surface area contributed by atoms with Gasteiger partial charge < -0.3 is 0 Å². The predicted octanol–water partition coefficient (Wildman–Crippen LogP) is 3.89. The maximum absolute atomic E-state index is 3.57. The van der Waals surface area contributed by atoms with Crippen LogP contribution in [0, 0.1) is 17.5 Å². The molecule has 0 aliphatic heterocycles. The monoisotopic (exact) mass is 215 g/mol. The van der Waals surface area contributed by atoms with E-state index in [1.54, 1.807) is 0 Å². The zero-order valence-corrected chi connectivity index (χ0v) is 10.9. The number of benzene rings is 1. The molecule has 1 radical (unpaired) electrons. The molecule has 0 saturated heterocycles. The first-order valence-electron chi connectivity index (χ1n) is 5.75. The molecule has 0 bridgehead atoms. The second-order valence-corrected chi connectivity index (χ2v) is 8.81. The van der Waals surface area contributed by atoms with E-state index < -0.39 is 8.07 Å². The summed E-state index contributed by atoms with van der Waals surface area (Å²) in [5, 5.41) is 0. The molecule has 1 aromatic carbocycles. The summed E-state index contributed by atoms with van der Waals surface area (Å²) in [6, 6.07) is 14.7. The molecule has 79 valence electrons. The fourth-order valence-electron chi connectivity index (χ4n) is 1.69. The van der Waals surface area contributed by atoms with Crippen molar-refractivity contribution in [3.63, 3.8) is 0 Å². The molecule has 0 unspecified atom stereocenters. The highest BCUT2D eigenvalue weighted by Crippen LogP contribution is 2.18. The first kappa shape index (κ1) is 12.1. The van der Waals surface area contributed by atoms with E-state index in [1.165, 1.54) is 18.1 Å². The van der Waals surface area contributed by atoms with Crippen LogP contribution >= 0.6 is 0 Å². The molecule has 0 nitrogen and oxygen atoms in total. The quantitative estimate of drug-likeness (QED) is 0.530. The van der Waals surface area contributed by atoms with E-state index in [2.05, 4.69) is 38.3 Å². The predicted molar refractivity (Wildman–Crippen MR) is 69.4 cm³/mol. The smallest absolute Gasteiger partial charge is 0.126 e. The van der Waals surface area contributed by atoms with Crippen molar-refractivity contribution in [1.82, 2.24) is 0 Å². The highest BCUT2D eigenvalue weighted by molar-refractivity contribution is 6.87. The van der Waals surface area contributed by atoms with Gasteiger partial charge in [-0.1, -0.05) is 38.8 Å². The average Bonchev–Trinajstić information content (AvgIpc) is 2.33. The Hall–Kier alpha value is -1.00. The van der Waals surface area contributed by atoms with Crippen LogP contribution in [0.5, 0.6) is 0 Å². The molecule has 0 amide bonds. The summed E-state index contributed by atoms with van der Waals surface area (Å²) in [6.45, 7) is 6.85. The van der Waals surface area contributed by atoms with E-state index in [-0.39, 0.29) is 0 Å². The van der Waals surface area contributed by atoms with Crippen LogP contribution < -0.4 is 0 Å². The first-order valence-corrected chi connectivity index (χ1v) is 8.37. The van der Waals surface area contributed by atoms with Crippen LogP contribution in [0.3, 0.4) is 0 Å². The second-order valence-electron chi connectivity index (χ2n) is 3.88. The van der Waals surface area contributed by atoms with Crippen LogP contribution in [0.4, 0.5) is 0 Å². The molecule has 15 heavy (non-hydrogen) atoms. The van der Waals surface area contributed by atoms with Crippen LogP contribution in [-0.4, -0.2) is 8.07 Å². The standard InChI is InChI=1S/C14H19Si/c1-4-15(5-2,6-3)13-12-14-10-8-7-9-11-14/h8-11H,4-6H2,1-3H3. The van der Waals surface area contributed by atoms with Gasteiger partial charge in [-0.15, -0.1) is 5.54 Å². The Kier molecular flexibility index (Phi) is 4.65. The summed E-state index contributed by atoms with van der Waals surface area (Å²) < 4.78 is 0. The lowest BCUT2D eigenvalue weighted by Crippen LogP contribution is -2.29. The lowest BCUT2D eigenvalue weighted by Gasteiger charge is -2.19. The molecule has 0 aromatic heterocycles. The van der Waals surface area contributed by atoms with Gasteiger partial charge in [-0.05, 0) is 36.3 Å². The van der Waals surface area contributed by atoms with Crippen molar-refractivity contribution in [2.75, 3.05) is 0 Å². The molecule has 1 aromatic rings. The van der Waals surface area contributed by atoms with Crippen molar-refractivity contribution in [3.05, 3.63) is 35.9 Å². The topological polar surface area (TPSA) is 0 Å². The van der Waals surface area contributed by atoms with Crippen molar-refractivity contribution < 1.29 is 0 Å². The molecular weight excluding hydrogens is 196 g/mol. The highest BCUT2D eigenvalue weighted by Gasteiger charge is 2.23. The summed E-state index contributed by atoms with van der Waals surface area (Å²) in [7, 11) is -1.27. The van der Waals surface area contributed by atoms with E-state index in [0.717, 1.165) is 5.56 Å². The van der Waals surface area contributed by atoms with Gasteiger partial charge in [0.25, 0.3) is 0 Å². The Morgan fingerprint density at radius 2 is 1.60 bits per heavy atom. The van der Waals surface area contributed by atoms with Crippen LogP contribution in [0.1, 0.15) is 26.3 Å². The number of rotatable bonds is 3. The minimum absolute atomic E-state index is 1.13. The van der Waals surface area contributed by atoms with Crippen molar-refractivity contribution in [3.8, 4) is 11.5 Å². The van der Waals surface area contributed by atoms with E-state index in [1.807, 2.05) is 24.3 Å². The van der Waals surface area contributed by atoms with Gasteiger partial charge in [0.05, 0.1) is 0 Å². The van der Waals surface area contributed by atoms with Crippen molar-refractivity contribution in [2.24, 2.45) is 0 Å². The third-order valence-corrected chi connectivity index (χ3v) is 7.94. The van der Waals surface area contributed by atoms with E-state index in [4.69, 9.17) is 0 Å². The van der Waals surface area contributed by atoms with Gasteiger partial charge in [-0.3, -0.25) is 0 Å². The van der Waals surface area contributed by atoms with Crippen LogP contribution in [0.25, 0.3) is 0 Å². The summed E-state index contributed by atoms with van der Waals surface area (Å²) in [6.07, 6.45) is 0. The van der Waals surface area contributed by atoms with Gasteiger partial charge in [-0.25, -0.2) is 0 Å². The number of hydrogen-bond donors (Lipinski definition) is 0. The van der Waals surface area contributed by atoms with Crippen LogP contribution in [0.2, 0.25) is 18.1 Å². The summed E-state index contributed by atoms with van der Waals surface area (Å²) >= 11 is 0. The lowest BCUT2D eigenvalue weighted by atomic mass is 10.2. The minimum atomic E-state index is -1.27. The molecule has 0 spiro atoms. The summed E-state index contributed by atoms with van der Waals surface area (Å²) in [5.41, 5.74) is 4.70. The Morgan fingerprint density at radius 1 is 1.07 bits per heavy atom. The van der Waals surface area contributed by atoms with E-state index in [0.29, 0.717) is 0 Å². The van der Waals surface area contributed by atoms with E-state index >= 15 is 0 Å². The van der Waals surface area contributed by atoms with Gasteiger partial charge in [0.2, 0.25) is 0 Å². The third kappa shape index (κ3) is 3.25. The Morgan fingerprint density at radius 3 is 2.07 bits per heavy atom. The SMILES string of the molecule is CC[Si](C#Cc1cc[c]cc1)(CC)CC. The van der Waals surface area contributed by atoms with Crippen molar-refractivity contribution >= 4 is 8.07 Å². The second kappa shape index (κ2) is 5.78. The van der Waals surface area contributed by atoms with Crippen molar-refractivity contribution in [2.45, 2.75) is 38.9 Å². The molecule has 0 atom stereocenters. The van der Waals surface area contributed by atoms with Gasteiger partial charge in [0.1, 0.15) is 8.07 Å². The molecule has 0 fully saturated rings. The van der Waals surface area contributed by atoms with Crippen molar-refractivity contribution in [1.29, 1.82) is 0 Å². The third-order valence-electron chi connectivity index (χ3n) is 3.22. The van der Waals surface area contributed by atoms with Gasteiger partial charge in [0.15, 0.2) is 0 Å². The normalized spacial score (nSPS) is 10.6. The highest BCUT2D eigenvalue weighted by atomic mass is 28.3. The molecule has 1 rings (SSSR count). The summed E-state index contributed by atoms with van der Waals surface area (Å²) in [5.74, 6) is 3.33. The van der Waals surface area contributed by atoms with Crippen LogP contribution in [0.15, 0.2) is 24.3 Å². The average molecular weight is 215 g/mol. The minimum Gasteiger partial charge on any atom is -0.126 e. The lowest BCUT2D eigenvalue weighted by molar-refractivity contribution is 1.20. The zero-order chi connectivity index (χ0) is 11.1. The molecule has 0 aliphatic carbocycles. The van der Waals surface area contributed by atoms with E-state index in [9.17, 15) is 0 Å². The van der Waals surface area contributed by atoms with Gasteiger partial charge in [0, 0.05) is 5.56 Å². The summed E-state index contributed by atoms with van der Waals surface area (Å²) in [4.78, 5) is 0. The van der Waals surface area contributed by atoms with Crippen LogP contribution in [-0.2, 0) is 0 Å².